The van der Waals surface area contributed by atoms with Crippen molar-refractivity contribution < 1.29 is 22.7 Å². The Hall–Kier alpha value is -3.33. The van der Waals surface area contributed by atoms with Crippen LogP contribution in [0.1, 0.15) is 48.3 Å². The monoisotopic (exact) mass is 544 g/mol. The van der Waals surface area contributed by atoms with Crippen LogP contribution in [0.15, 0.2) is 48.7 Å². The van der Waals surface area contributed by atoms with E-state index in [-0.39, 0.29) is 22.5 Å². The summed E-state index contributed by atoms with van der Waals surface area (Å²) in [7, 11) is 0. The summed E-state index contributed by atoms with van der Waals surface area (Å²) in [5.41, 5.74) is 1.27. The molecular formula is C28H28ClF3N4O2. The van der Waals surface area contributed by atoms with Crippen molar-refractivity contribution in [1.82, 2.24) is 15.3 Å². The first kappa shape index (κ1) is 26.3. The van der Waals surface area contributed by atoms with Gasteiger partial charge in [-0.2, -0.15) is 13.2 Å². The summed E-state index contributed by atoms with van der Waals surface area (Å²) < 4.78 is 47.4. The van der Waals surface area contributed by atoms with Gasteiger partial charge in [0.2, 0.25) is 5.88 Å². The molecule has 0 radical (unpaired) electrons. The van der Waals surface area contributed by atoms with Crippen LogP contribution in [0.2, 0.25) is 5.02 Å². The van der Waals surface area contributed by atoms with Crippen LogP contribution in [-0.4, -0.2) is 42.1 Å². The van der Waals surface area contributed by atoms with Crippen molar-refractivity contribution in [3.05, 3.63) is 70.5 Å². The van der Waals surface area contributed by atoms with Gasteiger partial charge in [-0.25, -0.2) is 9.97 Å². The Labute approximate surface area is 224 Å². The molecule has 0 bridgehead atoms. The molecule has 0 saturated carbocycles. The summed E-state index contributed by atoms with van der Waals surface area (Å²) in [6.45, 7) is 5.53. The van der Waals surface area contributed by atoms with Gasteiger partial charge < -0.3 is 15.0 Å². The molecule has 2 atom stereocenters. The molecule has 1 N–H and O–H groups in total. The van der Waals surface area contributed by atoms with Gasteiger partial charge in [-0.1, -0.05) is 37.1 Å². The number of alkyl halides is 3. The van der Waals surface area contributed by atoms with Gasteiger partial charge in [0.25, 0.3) is 5.91 Å². The van der Waals surface area contributed by atoms with Gasteiger partial charge in [-0.05, 0) is 55.2 Å². The van der Waals surface area contributed by atoms with E-state index in [4.69, 9.17) is 21.3 Å². The van der Waals surface area contributed by atoms with Gasteiger partial charge in [-0.3, -0.25) is 4.79 Å². The maximum atomic E-state index is 13.9. The van der Waals surface area contributed by atoms with Gasteiger partial charge in [-0.15, -0.1) is 0 Å². The van der Waals surface area contributed by atoms with E-state index in [1.807, 2.05) is 32.0 Å². The second-order valence-electron chi connectivity index (χ2n) is 9.65. The van der Waals surface area contributed by atoms with Crippen LogP contribution in [0.4, 0.5) is 18.9 Å². The van der Waals surface area contributed by atoms with Crippen LogP contribution >= 0.6 is 11.6 Å². The average molecular weight is 545 g/mol. The number of amides is 1. The van der Waals surface area contributed by atoms with Crippen molar-refractivity contribution in [1.29, 1.82) is 0 Å². The lowest BCUT2D eigenvalue weighted by molar-refractivity contribution is -0.137. The minimum atomic E-state index is -4.57. The normalized spacial score (nSPS) is 21.3. The molecule has 38 heavy (non-hydrogen) atoms. The summed E-state index contributed by atoms with van der Waals surface area (Å²) in [5.74, 6) is 0.150. The molecule has 2 aliphatic rings. The zero-order valence-corrected chi connectivity index (χ0v) is 21.9. The number of rotatable bonds is 5. The Bertz CT molecular complexity index is 1370. The van der Waals surface area contributed by atoms with Gasteiger partial charge in [0.1, 0.15) is 5.69 Å². The van der Waals surface area contributed by atoms with E-state index in [2.05, 4.69) is 10.3 Å². The van der Waals surface area contributed by atoms with Gasteiger partial charge in [0.15, 0.2) is 0 Å². The highest BCUT2D eigenvalue weighted by Crippen LogP contribution is 2.48. The van der Waals surface area contributed by atoms with Crippen molar-refractivity contribution in [3.8, 4) is 17.1 Å². The van der Waals surface area contributed by atoms with Crippen LogP contribution in [0.5, 0.6) is 5.88 Å². The van der Waals surface area contributed by atoms with Crippen molar-refractivity contribution >= 4 is 23.2 Å². The smallest absolute Gasteiger partial charge is 0.419 e. The molecule has 3 aromatic rings. The highest BCUT2D eigenvalue weighted by atomic mass is 35.5. The summed E-state index contributed by atoms with van der Waals surface area (Å²) in [6, 6.07) is 11.7. The molecule has 0 aliphatic carbocycles. The van der Waals surface area contributed by atoms with Crippen LogP contribution < -0.4 is 15.0 Å². The second-order valence-corrected chi connectivity index (χ2v) is 10.1. The number of ether oxygens (including phenoxy) is 1. The number of carbonyl (C=O) groups excluding carboxylic acids is 1. The number of fused-ring (bicyclic) bond motifs is 2. The minimum Gasteiger partial charge on any atom is -0.477 e. The zero-order chi connectivity index (χ0) is 27.1. The molecule has 4 heterocycles. The lowest BCUT2D eigenvalue weighted by atomic mass is 9.63. The first-order chi connectivity index (χ1) is 18.2. The minimum absolute atomic E-state index is 0.0271. The maximum Gasteiger partial charge on any atom is 0.419 e. The Morgan fingerprint density at radius 2 is 2.00 bits per heavy atom. The van der Waals surface area contributed by atoms with E-state index in [0.717, 1.165) is 5.56 Å². The van der Waals surface area contributed by atoms with Crippen LogP contribution in [0.3, 0.4) is 0 Å². The number of hydrogen-bond acceptors (Lipinski definition) is 5. The number of carbonyl (C=O) groups is 1. The lowest BCUT2D eigenvalue weighted by Crippen LogP contribution is -2.58. The number of hydrogen-bond donors (Lipinski definition) is 1. The van der Waals surface area contributed by atoms with Crippen LogP contribution in [0.25, 0.3) is 11.3 Å². The molecule has 1 spiro atoms. The van der Waals surface area contributed by atoms with E-state index >= 15 is 0 Å². The van der Waals surface area contributed by atoms with Gasteiger partial charge in [0, 0.05) is 31.2 Å². The Morgan fingerprint density at radius 3 is 2.74 bits per heavy atom. The molecular weight excluding hydrogens is 517 g/mol. The number of nitrogens with one attached hydrogen (secondary N) is 1. The van der Waals surface area contributed by atoms with E-state index in [0.29, 0.717) is 61.9 Å². The van der Waals surface area contributed by atoms with Crippen molar-refractivity contribution in [3.63, 3.8) is 0 Å². The van der Waals surface area contributed by atoms with Crippen molar-refractivity contribution in [2.45, 2.75) is 38.3 Å². The largest absolute Gasteiger partial charge is 0.477 e. The van der Waals surface area contributed by atoms with Crippen LogP contribution in [-0.2, 0) is 11.6 Å². The molecule has 6 nitrogen and oxygen atoms in total. The Morgan fingerprint density at radius 1 is 1.18 bits per heavy atom. The summed E-state index contributed by atoms with van der Waals surface area (Å²) in [6.07, 6.45) is -1.66. The molecule has 10 heteroatoms. The SMILES string of the molecule is CCOc1ncccc1-c1ccc2c(n1)C(=O)NCC21CCN(c2cccc(Cl)c2C(F)(F)F)CC1CC. The third-order valence-electron chi connectivity index (χ3n) is 7.70. The van der Waals surface area contributed by atoms with E-state index in [1.54, 1.807) is 23.2 Å². The Kier molecular flexibility index (Phi) is 6.98. The lowest BCUT2D eigenvalue weighted by Gasteiger charge is -2.51. The predicted octanol–water partition coefficient (Wildman–Crippen LogP) is 6.13. The molecule has 5 rings (SSSR count). The number of aromatic nitrogens is 2. The van der Waals surface area contributed by atoms with Gasteiger partial charge in [0.05, 0.1) is 34.1 Å². The fraction of sp³-hybridized carbons (Fsp3) is 0.393. The standard InChI is InChI=1S/C28H28ClF3N4O2/c1-3-17-15-36(22-9-5-8-20(29)23(22)28(30,31)32)14-12-27(17)16-34-25(37)24-19(27)10-11-21(35-24)18-7-6-13-33-26(18)38-4-2/h5-11,13,17H,3-4,12,14-16H2,1-2H3,(H,34,37). The van der Waals surface area contributed by atoms with E-state index < -0.39 is 17.2 Å². The fourth-order valence-electron chi connectivity index (χ4n) is 5.89. The van der Waals surface area contributed by atoms with E-state index in [9.17, 15) is 18.0 Å². The third-order valence-corrected chi connectivity index (χ3v) is 8.01. The first-order valence-electron chi connectivity index (χ1n) is 12.7. The fourth-order valence-corrected chi connectivity index (χ4v) is 6.17. The molecule has 200 valence electrons. The molecule has 1 amide bonds. The first-order valence-corrected chi connectivity index (χ1v) is 13.1. The maximum absolute atomic E-state index is 13.9. The summed E-state index contributed by atoms with van der Waals surface area (Å²) in [4.78, 5) is 23.8. The molecule has 2 aromatic heterocycles. The number of piperidine rings is 1. The summed E-state index contributed by atoms with van der Waals surface area (Å²) in [5, 5.41) is 2.70. The van der Waals surface area contributed by atoms with E-state index in [1.165, 1.54) is 12.1 Å². The topological polar surface area (TPSA) is 67.3 Å². The summed E-state index contributed by atoms with van der Waals surface area (Å²) >= 11 is 6.01. The number of halogens is 4. The van der Waals surface area contributed by atoms with Crippen molar-refractivity contribution in [2.24, 2.45) is 5.92 Å². The van der Waals surface area contributed by atoms with Crippen molar-refractivity contribution in [2.75, 3.05) is 31.1 Å². The van der Waals surface area contributed by atoms with Gasteiger partial charge >= 0.3 is 6.18 Å². The molecule has 1 fully saturated rings. The second kappa shape index (κ2) is 10.1. The number of anilines is 1. The number of pyridine rings is 2. The molecule has 1 saturated heterocycles. The zero-order valence-electron chi connectivity index (χ0n) is 21.1. The Balaban J connectivity index is 1.53. The third kappa shape index (κ3) is 4.46. The average Bonchev–Trinajstić information content (AvgIpc) is 2.90. The predicted molar refractivity (Wildman–Crippen MR) is 140 cm³/mol. The number of nitrogens with zero attached hydrogens (tertiary/aromatic N) is 3. The number of benzene rings is 1. The molecule has 2 unspecified atom stereocenters. The molecule has 2 aliphatic heterocycles. The highest BCUT2D eigenvalue weighted by molar-refractivity contribution is 6.31. The highest BCUT2D eigenvalue weighted by Gasteiger charge is 2.49. The quantitative estimate of drug-likeness (QED) is 0.418. The molecule has 1 aromatic carbocycles. The van der Waals surface area contributed by atoms with Crippen LogP contribution in [0, 0.1) is 5.92 Å².